The smallest absolute Gasteiger partial charge is 0.223 e. The summed E-state index contributed by atoms with van der Waals surface area (Å²) >= 11 is 0. The number of benzene rings is 1. The lowest BCUT2D eigenvalue weighted by Gasteiger charge is -2.37. The van der Waals surface area contributed by atoms with E-state index in [0.29, 0.717) is 32.4 Å². The Morgan fingerprint density at radius 1 is 1.29 bits per heavy atom. The molecule has 0 radical (unpaired) electrons. The maximum Gasteiger partial charge on any atom is 0.223 e. The Labute approximate surface area is 143 Å². The predicted molar refractivity (Wildman–Crippen MR) is 92.9 cm³/mol. The Balaban J connectivity index is 2.03. The highest BCUT2D eigenvalue weighted by Crippen LogP contribution is 2.30. The largest absolute Gasteiger partial charge is 0.496 e. The predicted octanol–water partition coefficient (Wildman–Crippen LogP) is 1.43. The van der Waals surface area contributed by atoms with Crippen molar-refractivity contribution < 1.29 is 14.3 Å². The molecule has 1 unspecified atom stereocenters. The molecule has 1 N–H and O–H groups in total. The van der Waals surface area contributed by atoms with Gasteiger partial charge >= 0.3 is 0 Å². The van der Waals surface area contributed by atoms with Crippen molar-refractivity contribution >= 4 is 11.8 Å². The molecule has 132 valence electrons. The molecule has 24 heavy (non-hydrogen) atoms. The number of amides is 2. The molecular weight excluding hydrogens is 306 g/mol. The van der Waals surface area contributed by atoms with E-state index in [1.807, 2.05) is 29.2 Å². The number of rotatable bonds is 6. The molecule has 0 aliphatic carbocycles. The quantitative estimate of drug-likeness (QED) is 0.855. The maximum absolute atomic E-state index is 12.7. The summed E-state index contributed by atoms with van der Waals surface area (Å²) in [6.07, 6.45) is 1.38. The van der Waals surface area contributed by atoms with Gasteiger partial charge in [-0.2, -0.15) is 0 Å². The van der Waals surface area contributed by atoms with Crippen molar-refractivity contribution in [2.45, 2.75) is 25.3 Å². The van der Waals surface area contributed by atoms with Gasteiger partial charge in [0.2, 0.25) is 11.8 Å². The molecule has 1 aliphatic heterocycles. The molecule has 2 amide bonds. The minimum absolute atomic E-state index is 0.0352. The summed E-state index contributed by atoms with van der Waals surface area (Å²) in [6.45, 7) is 2.17. The molecule has 1 fully saturated rings. The van der Waals surface area contributed by atoms with Gasteiger partial charge in [-0.15, -0.1) is 0 Å². The van der Waals surface area contributed by atoms with E-state index >= 15 is 0 Å². The summed E-state index contributed by atoms with van der Waals surface area (Å²) < 4.78 is 5.45. The lowest BCUT2D eigenvalue weighted by atomic mass is 10.0. The molecule has 1 aliphatic rings. The molecule has 1 heterocycles. The second-order valence-corrected chi connectivity index (χ2v) is 6.19. The van der Waals surface area contributed by atoms with Crippen molar-refractivity contribution in [3.63, 3.8) is 0 Å². The molecule has 2 rings (SSSR count). The van der Waals surface area contributed by atoms with E-state index in [1.165, 1.54) is 0 Å². The Morgan fingerprint density at radius 3 is 2.75 bits per heavy atom. The summed E-state index contributed by atoms with van der Waals surface area (Å²) in [5.41, 5.74) is 1.02. The van der Waals surface area contributed by atoms with E-state index < -0.39 is 0 Å². The molecule has 1 aromatic rings. The van der Waals surface area contributed by atoms with Crippen LogP contribution in [-0.4, -0.2) is 62.5 Å². The van der Waals surface area contributed by atoms with Gasteiger partial charge in [0.15, 0.2) is 0 Å². The number of carbonyl (C=O) groups is 2. The van der Waals surface area contributed by atoms with Gasteiger partial charge in [0.05, 0.1) is 13.2 Å². The number of nitrogens with one attached hydrogen (secondary N) is 1. The third kappa shape index (κ3) is 4.47. The Bertz CT molecular complexity index is 574. The number of methoxy groups -OCH3 is 1. The fourth-order valence-electron chi connectivity index (χ4n) is 2.98. The highest BCUT2D eigenvalue weighted by molar-refractivity contribution is 5.79. The van der Waals surface area contributed by atoms with Crippen molar-refractivity contribution in [2.75, 3.05) is 40.8 Å². The molecule has 6 heteroatoms. The van der Waals surface area contributed by atoms with Gasteiger partial charge in [-0.05, 0) is 12.5 Å². The fraction of sp³-hybridized carbons (Fsp3) is 0.556. The summed E-state index contributed by atoms with van der Waals surface area (Å²) in [6, 6.07) is 7.78. The van der Waals surface area contributed by atoms with E-state index in [1.54, 1.807) is 26.1 Å². The second kappa shape index (κ2) is 8.68. The number of carbonyl (C=O) groups excluding carboxylic acids is 2. The number of para-hydroxylation sites is 1. The number of hydrogen-bond donors (Lipinski definition) is 1. The monoisotopic (exact) mass is 333 g/mol. The van der Waals surface area contributed by atoms with Crippen LogP contribution in [0.5, 0.6) is 5.75 Å². The number of piperazine rings is 1. The molecule has 1 aromatic carbocycles. The molecule has 6 nitrogen and oxygen atoms in total. The number of nitrogens with zero attached hydrogens (tertiary/aromatic N) is 2. The second-order valence-electron chi connectivity index (χ2n) is 6.19. The lowest BCUT2D eigenvalue weighted by Crippen LogP contribution is -2.48. The van der Waals surface area contributed by atoms with Gasteiger partial charge < -0.3 is 19.9 Å². The van der Waals surface area contributed by atoms with Gasteiger partial charge in [-0.1, -0.05) is 18.2 Å². The summed E-state index contributed by atoms with van der Waals surface area (Å²) in [7, 11) is 5.12. The van der Waals surface area contributed by atoms with Crippen LogP contribution >= 0.6 is 0 Å². The van der Waals surface area contributed by atoms with E-state index in [-0.39, 0.29) is 17.9 Å². The molecule has 0 spiro atoms. The molecule has 0 saturated carbocycles. The standard InChI is InChI=1S/C18H27N3O3/c1-20(2)17(22)9-6-10-18(23)21-12-11-19-13-15(21)14-7-4-5-8-16(14)24-3/h4-5,7-8,15,19H,6,9-13H2,1-3H3. The maximum atomic E-state index is 12.7. The first-order valence-corrected chi connectivity index (χ1v) is 8.38. The zero-order valence-corrected chi connectivity index (χ0v) is 14.7. The summed E-state index contributed by atoms with van der Waals surface area (Å²) in [5.74, 6) is 0.954. The zero-order valence-electron chi connectivity index (χ0n) is 14.7. The van der Waals surface area contributed by atoms with Crippen LogP contribution in [0, 0.1) is 0 Å². The van der Waals surface area contributed by atoms with Crippen LogP contribution < -0.4 is 10.1 Å². The minimum Gasteiger partial charge on any atom is -0.496 e. The average molecular weight is 333 g/mol. The average Bonchev–Trinajstić information content (AvgIpc) is 2.61. The van der Waals surface area contributed by atoms with Gasteiger partial charge in [-0.25, -0.2) is 0 Å². The van der Waals surface area contributed by atoms with Crippen LogP contribution in [0.1, 0.15) is 30.9 Å². The molecule has 1 saturated heterocycles. The van der Waals surface area contributed by atoms with Crippen LogP contribution in [0.25, 0.3) is 0 Å². The highest BCUT2D eigenvalue weighted by Gasteiger charge is 2.29. The topological polar surface area (TPSA) is 61.9 Å². The molecule has 1 atom stereocenters. The number of hydrogen-bond acceptors (Lipinski definition) is 4. The van der Waals surface area contributed by atoms with Gasteiger partial charge in [0, 0.05) is 52.1 Å². The zero-order chi connectivity index (χ0) is 17.5. The van der Waals surface area contributed by atoms with Crippen molar-refractivity contribution in [3.05, 3.63) is 29.8 Å². The van der Waals surface area contributed by atoms with Gasteiger partial charge in [0.25, 0.3) is 0 Å². The Kier molecular flexibility index (Phi) is 6.61. The molecular formula is C18H27N3O3. The SMILES string of the molecule is COc1ccccc1C1CNCCN1C(=O)CCCC(=O)N(C)C. The lowest BCUT2D eigenvalue weighted by molar-refractivity contribution is -0.135. The summed E-state index contributed by atoms with van der Waals surface area (Å²) in [4.78, 5) is 27.8. The highest BCUT2D eigenvalue weighted by atomic mass is 16.5. The number of ether oxygens (including phenoxy) is 1. The van der Waals surface area contributed by atoms with Crippen LogP contribution in [0.15, 0.2) is 24.3 Å². The van der Waals surface area contributed by atoms with Crippen molar-refractivity contribution in [2.24, 2.45) is 0 Å². The third-order valence-electron chi connectivity index (χ3n) is 4.34. The van der Waals surface area contributed by atoms with Crippen molar-refractivity contribution in [1.29, 1.82) is 0 Å². The molecule has 0 bridgehead atoms. The normalized spacial score (nSPS) is 17.5. The van der Waals surface area contributed by atoms with Crippen molar-refractivity contribution in [1.82, 2.24) is 15.1 Å². The summed E-state index contributed by atoms with van der Waals surface area (Å²) in [5, 5.41) is 3.35. The van der Waals surface area contributed by atoms with E-state index in [9.17, 15) is 9.59 Å². The third-order valence-corrected chi connectivity index (χ3v) is 4.34. The molecule has 0 aromatic heterocycles. The van der Waals surface area contributed by atoms with Crippen LogP contribution in [-0.2, 0) is 9.59 Å². The van der Waals surface area contributed by atoms with Crippen LogP contribution in [0.3, 0.4) is 0 Å². The van der Waals surface area contributed by atoms with Gasteiger partial charge in [-0.3, -0.25) is 9.59 Å². The Hall–Kier alpha value is -2.08. The van der Waals surface area contributed by atoms with E-state index in [4.69, 9.17) is 4.74 Å². The Morgan fingerprint density at radius 2 is 2.04 bits per heavy atom. The minimum atomic E-state index is -0.0352. The first-order valence-electron chi connectivity index (χ1n) is 8.38. The van der Waals surface area contributed by atoms with Crippen LogP contribution in [0.2, 0.25) is 0 Å². The first kappa shape index (κ1) is 18.3. The van der Waals surface area contributed by atoms with Crippen molar-refractivity contribution in [3.8, 4) is 5.75 Å². The first-order chi connectivity index (χ1) is 11.5. The fourth-order valence-corrected chi connectivity index (χ4v) is 2.98. The van der Waals surface area contributed by atoms with Crippen LogP contribution in [0.4, 0.5) is 0 Å². The van der Waals surface area contributed by atoms with Gasteiger partial charge in [0.1, 0.15) is 5.75 Å². The van der Waals surface area contributed by atoms with E-state index in [2.05, 4.69) is 5.32 Å². The van der Waals surface area contributed by atoms with E-state index in [0.717, 1.165) is 17.9 Å².